The molecule has 2 atom stereocenters. The largest absolute Gasteiger partial charge is 0.479 e. The number of carbonyl (C=O) groups is 2. The lowest BCUT2D eigenvalue weighted by molar-refractivity contribution is -0.348. The van der Waals surface area contributed by atoms with Crippen LogP contribution >= 0.6 is 0 Å². The molecule has 1 saturated carbocycles. The molecule has 45 heavy (non-hydrogen) atoms. The van der Waals surface area contributed by atoms with Crippen LogP contribution in [0.2, 0.25) is 0 Å². The summed E-state index contributed by atoms with van der Waals surface area (Å²) < 4.78 is 137. The molecule has 2 aromatic rings. The summed E-state index contributed by atoms with van der Waals surface area (Å²) in [6.45, 7) is -0.211. The number of aliphatic carboxylic acids is 1. The van der Waals surface area contributed by atoms with Crippen LogP contribution in [0.5, 0.6) is 0 Å². The number of hydrogen-bond acceptors (Lipinski definition) is 5. The molecule has 5 rings (SSSR count). The van der Waals surface area contributed by atoms with Gasteiger partial charge in [-0.15, -0.1) is 0 Å². The van der Waals surface area contributed by atoms with Crippen LogP contribution in [0.1, 0.15) is 55.2 Å². The van der Waals surface area contributed by atoms with Crippen LogP contribution in [0.4, 0.5) is 35.1 Å². The molecular formula is C29H27F8NO6S. The molecule has 0 aromatic heterocycles. The summed E-state index contributed by atoms with van der Waals surface area (Å²) in [6.07, 6.45) is -14.3. The van der Waals surface area contributed by atoms with E-state index in [2.05, 4.69) is 0 Å². The summed E-state index contributed by atoms with van der Waals surface area (Å²) in [5.74, 6) is -3.74. The fraction of sp³-hybridized carbons (Fsp3) is 0.517. The monoisotopic (exact) mass is 669 g/mol. The number of nitrogens with zero attached hydrogens (tertiary/aromatic N) is 1. The van der Waals surface area contributed by atoms with E-state index in [0.717, 1.165) is 18.2 Å². The van der Waals surface area contributed by atoms with Crippen LogP contribution in [0.25, 0.3) is 0 Å². The molecule has 1 saturated heterocycles. The van der Waals surface area contributed by atoms with E-state index in [4.69, 9.17) is 0 Å². The van der Waals surface area contributed by atoms with Crippen molar-refractivity contribution in [1.29, 1.82) is 0 Å². The fourth-order valence-corrected chi connectivity index (χ4v) is 9.53. The number of carboxylic acid groups (broad SMARTS) is 1. The second-order valence-electron chi connectivity index (χ2n) is 11.8. The number of hydrogen-bond donors (Lipinski definition) is 2. The van der Waals surface area contributed by atoms with E-state index in [1.54, 1.807) is 0 Å². The van der Waals surface area contributed by atoms with Gasteiger partial charge >= 0.3 is 24.0 Å². The van der Waals surface area contributed by atoms with Gasteiger partial charge in [0.2, 0.25) is 5.91 Å². The molecule has 1 amide bonds. The number of amides is 1. The van der Waals surface area contributed by atoms with E-state index in [0.29, 0.717) is 18.2 Å². The Kier molecular flexibility index (Phi) is 7.83. The maximum atomic E-state index is 15.0. The summed E-state index contributed by atoms with van der Waals surface area (Å²) >= 11 is 0. The van der Waals surface area contributed by atoms with E-state index in [1.807, 2.05) is 0 Å². The Bertz CT molecular complexity index is 1620. The Hall–Kier alpha value is -3.27. The molecule has 2 fully saturated rings. The Balaban J connectivity index is 1.62. The highest BCUT2D eigenvalue weighted by atomic mass is 32.2. The van der Waals surface area contributed by atoms with Crippen molar-refractivity contribution in [2.24, 2.45) is 5.92 Å². The SMILES string of the molecule is O=C(C1CCC(O)(C(=O)O)CC1)N1CCC2(S(=O)(=O)c3cccc(F)c3)c3ccc(C(F)(C(F)(F)F)C(F)(F)F)cc3CCC12. The first-order valence-electron chi connectivity index (χ1n) is 13.9. The summed E-state index contributed by atoms with van der Waals surface area (Å²) in [6, 6.07) is 3.97. The quantitative estimate of drug-likeness (QED) is 0.416. The standard InChI is InChI=1S/C29H27F8NO6S/c30-19-2-1-3-20(15-19)45(43,44)26-12-13-38(23(39)16-8-10-25(42,11-9-16)24(40)41)22(26)7-4-17-14-18(5-6-21(17)26)27(31,28(32,33)34)29(35,36)37/h1-3,5-6,14-16,22,42H,4,7-13H2,(H,40,41). The number of rotatable bonds is 5. The smallest absolute Gasteiger partial charge is 0.435 e. The molecule has 2 aromatic carbocycles. The summed E-state index contributed by atoms with van der Waals surface area (Å²) in [4.78, 5) is 25.9. The second kappa shape index (κ2) is 10.6. The molecule has 0 bridgehead atoms. The fourth-order valence-electron chi connectivity index (χ4n) is 7.13. The van der Waals surface area contributed by atoms with Crippen molar-refractivity contribution in [1.82, 2.24) is 4.90 Å². The summed E-state index contributed by atoms with van der Waals surface area (Å²) in [5.41, 5.74) is -10.1. The second-order valence-corrected chi connectivity index (χ2v) is 14.0. The molecular weight excluding hydrogens is 642 g/mol. The highest BCUT2D eigenvalue weighted by molar-refractivity contribution is 7.92. The molecule has 3 aliphatic rings. The number of carbonyl (C=O) groups excluding carboxylic acids is 1. The number of aliphatic hydroxyl groups is 1. The summed E-state index contributed by atoms with van der Waals surface area (Å²) in [7, 11) is -4.72. The number of halogens is 8. The van der Waals surface area contributed by atoms with Crippen molar-refractivity contribution in [2.45, 2.75) is 84.3 Å². The summed E-state index contributed by atoms with van der Waals surface area (Å²) in [5, 5.41) is 19.6. The molecule has 16 heteroatoms. The van der Waals surface area contributed by atoms with Gasteiger partial charge in [0.1, 0.15) is 10.6 Å². The Morgan fingerprint density at radius 2 is 1.51 bits per heavy atom. The predicted molar refractivity (Wildman–Crippen MR) is 140 cm³/mol. The number of alkyl halides is 7. The van der Waals surface area contributed by atoms with Gasteiger partial charge in [-0.3, -0.25) is 4.79 Å². The molecule has 2 N–H and O–H groups in total. The lowest BCUT2D eigenvalue weighted by Gasteiger charge is -2.44. The van der Waals surface area contributed by atoms with E-state index in [1.165, 1.54) is 4.90 Å². The molecule has 246 valence electrons. The van der Waals surface area contributed by atoms with Crippen molar-refractivity contribution in [2.75, 3.05) is 6.54 Å². The number of aryl methyl sites for hydroxylation is 1. The number of carboxylic acids is 1. The maximum Gasteiger partial charge on any atom is 0.435 e. The first-order valence-corrected chi connectivity index (χ1v) is 15.4. The molecule has 2 unspecified atom stereocenters. The van der Waals surface area contributed by atoms with Crippen LogP contribution in [0.3, 0.4) is 0 Å². The first-order chi connectivity index (χ1) is 20.7. The normalized spacial score (nSPS) is 27.5. The third kappa shape index (κ3) is 4.89. The Morgan fingerprint density at radius 3 is 2.07 bits per heavy atom. The third-order valence-corrected chi connectivity index (χ3v) is 12.0. The molecule has 1 aliphatic heterocycles. The lowest BCUT2D eigenvalue weighted by atomic mass is 9.76. The van der Waals surface area contributed by atoms with Crippen LogP contribution < -0.4 is 0 Å². The van der Waals surface area contributed by atoms with Crippen molar-refractivity contribution < 1.29 is 63.3 Å². The van der Waals surface area contributed by atoms with Crippen molar-refractivity contribution >= 4 is 21.7 Å². The third-order valence-electron chi connectivity index (χ3n) is 9.49. The molecule has 2 aliphatic carbocycles. The minimum absolute atomic E-state index is 0.0398. The maximum absolute atomic E-state index is 15.0. The van der Waals surface area contributed by atoms with Gasteiger partial charge in [0.25, 0.3) is 0 Å². The van der Waals surface area contributed by atoms with Gasteiger partial charge in [0.15, 0.2) is 15.4 Å². The van der Waals surface area contributed by atoms with E-state index in [-0.39, 0.29) is 68.7 Å². The number of benzene rings is 2. The molecule has 7 nitrogen and oxygen atoms in total. The average Bonchev–Trinajstić information content (AvgIpc) is 3.37. The number of likely N-dealkylation sites (tertiary alicyclic amines) is 1. The molecule has 0 spiro atoms. The van der Waals surface area contributed by atoms with Gasteiger partial charge in [-0.25, -0.2) is 22.0 Å². The van der Waals surface area contributed by atoms with E-state index in [9.17, 15) is 63.3 Å². The zero-order chi connectivity index (χ0) is 33.4. The van der Waals surface area contributed by atoms with Gasteiger partial charge in [-0.1, -0.05) is 24.3 Å². The Labute approximate surface area is 251 Å². The van der Waals surface area contributed by atoms with Crippen LogP contribution in [0, 0.1) is 11.7 Å². The number of sulfone groups is 1. The minimum atomic E-state index is -6.40. The van der Waals surface area contributed by atoms with Crippen molar-refractivity contribution in [3.8, 4) is 0 Å². The van der Waals surface area contributed by atoms with Gasteiger partial charge in [-0.2, -0.15) is 26.3 Å². The van der Waals surface area contributed by atoms with Crippen LogP contribution in [-0.2, 0) is 36.3 Å². The van der Waals surface area contributed by atoms with Gasteiger partial charge in [0, 0.05) is 18.0 Å². The molecule has 0 radical (unpaired) electrons. The Morgan fingerprint density at radius 1 is 0.889 bits per heavy atom. The zero-order valence-electron chi connectivity index (χ0n) is 23.3. The average molecular weight is 670 g/mol. The van der Waals surface area contributed by atoms with Gasteiger partial charge in [0.05, 0.1) is 10.9 Å². The first kappa shape index (κ1) is 33.1. The minimum Gasteiger partial charge on any atom is -0.479 e. The number of fused-ring (bicyclic) bond motifs is 3. The van der Waals surface area contributed by atoms with Gasteiger partial charge in [-0.05, 0) is 74.3 Å². The van der Waals surface area contributed by atoms with Crippen LogP contribution in [0.15, 0.2) is 47.4 Å². The predicted octanol–water partition coefficient (Wildman–Crippen LogP) is 5.34. The highest BCUT2D eigenvalue weighted by Gasteiger charge is 2.74. The van der Waals surface area contributed by atoms with E-state index >= 15 is 0 Å². The topological polar surface area (TPSA) is 112 Å². The highest BCUT2D eigenvalue weighted by Crippen LogP contribution is 2.57. The molecule has 1 heterocycles. The van der Waals surface area contributed by atoms with Crippen molar-refractivity contribution in [3.63, 3.8) is 0 Å². The van der Waals surface area contributed by atoms with Crippen LogP contribution in [-0.4, -0.2) is 65.9 Å². The van der Waals surface area contributed by atoms with Gasteiger partial charge < -0.3 is 15.1 Å². The zero-order valence-corrected chi connectivity index (χ0v) is 24.1. The van der Waals surface area contributed by atoms with E-state index < -0.39 is 78.3 Å². The van der Waals surface area contributed by atoms with Crippen molar-refractivity contribution in [3.05, 3.63) is 65.0 Å². The lowest BCUT2D eigenvalue weighted by Crippen LogP contribution is -2.54.